The lowest BCUT2D eigenvalue weighted by atomic mass is 10.3. The van der Waals surface area contributed by atoms with Gasteiger partial charge < -0.3 is 5.32 Å². The number of hydrogen-bond donors (Lipinski definition) is 1. The van der Waals surface area contributed by atoms with Crippen molar-refractivity contribution in [1.82, 2.24) is 19.7 Å². The Morgan fingerprint density at radius 1 is 1.16 bits per heavy atom. The van der Waals surface area contributed by atoms with Crippen molar-refractivity contribution in [2.45, 2.75) is 13.1 Å². The zero-order chi connectivity index (χ0) is 18.0. The molecule has 1 N–H and O–H groups in total. The van der Waals surface area contributed by atoms with Crippen LogP contribution in [0.1, 0.15) is 21.7 Å². The second kappa shape index (κ2) is 6.34. The van der Waals surface area contributed by atoms with Crippen molar-refractivity contribution in [3.8, 4) is 5.82 Å². The van der Waals surface area contributed by atoms with Gasteiger partial charge in [-0.2, -0.15) is 23.0 Å². The highest BCUT2D eigenvalue weighted by atomic mass is 19.4. The second-order valence-corrected chi connectivity index (χ2v) is 5.15. The van der Waals surface area contributed by atoms with Gasteiger partial charge in [-0.15, -0.1) is 0 Å². The predicted molar refractivity (Wildman–Crippen MR) is 83.3 cm³/mol. The molecule has 0 aromatic carbocycles. The van der Waals surface area contributed by atoms with Gasteiger partial charge in [-0.1, -0.05) is 6.07 Å². The molecule has 0 radical (unpaired) electrons. The number of hydrogen-bond acceptors (Lipinski definition) is 4. The molecular weight excluding hydrogens is 335 g/mol. The molecule has 0 spiro atoms. The van der Waals surface area contributed by atoms with E-state index in [1.165, 1.54) is 16.9 Å². The molecule has 3 aromatic heterocycles. The highest BCUT2D eigenvalue weighted by Crippen LogP contribution is 2.29. The molecule has 3 rings (SSSR count). The van der Waals surface area contributed by atoms with Gasteiger partial charge in [0.2, 0.25) is 0 Å². The number of pyridine rings is 2. The Hall–Kier alpha value is -3.23. The van der Waals surface area contributed by atoms with Gasteiger partial charge in [-0.3, -0.25) is 9.78 Å². The van der Waals surface area contributed by atoms with Crippen LogP contribution in [0.25, 0.3) is 5.82 Å². The number of aryl methyl sites for hydroxylation is 1. The smallest absolute Gasteiger partial charge is 0.305 e. The molecule has 0 aliphatic carbocycles. The van der Waals surface area contributed by atoms with E-state index in [9.17, 15) is 18.0 Å². The van der Waals surface area contributed by atoms with Crippen LogP contribution in [0, 0.1) is 6.92 Å². The fourth-order valence-corrected chi connectivity index (χ4v) is 2.12. The van der Waals surface area contributed by atoms with Crippen molar-refractivity contribution in [3.63, 3.8) is 0 Å². The van der Waals surface area contributed by atoms with E-state index in [0.29, 0.717) is 5.69 Å². The fourth-order valence-electron chi connectivity index (χ4n) is 2.12. The summed E-state index contributed by atoms with van der Waals surface area (Å²) in [5.41, 5.74) is -0.0921. The number of nitrogens with zero attached hydrogens (tertiary/aromatic N) is 4. The fraction of sp³-hybridized carbons (Fsp3) is 0.125. The molecule has 128 valence electrons. The van der Waals surface area contributed by atoms with Crippen molar-refractivity contribution < 1.29 is 18.0 Å². The van der Waals surface area contributed by atoms with Crippen molar-refractivity contribution >= 4 is 11.7 Å². The van der Waals surface area contributed by atoms with Gasteiger partial charge >= 0.3 is 6.18 Å². The van der Waals surface area contributed by atoms with Crippen molar-refractivity contribution in [2.75, 3.05) is 5.32 Å². The van der Waals surface area contributed by atoms with Gasteiger partial charge in [0.05, 0.1) is 11.3 Å². The third-order valence-corrected chi connectivity index (χ3v) is 3.26. The highest BCUT2D eigenvalue weighted by Gasteiger charge is 2.30. The number of amides is 1. The molecule has 3 heterocycles. The van der Waals surface area contributed by atoms with Crippen LogP contribution in [0.5, 0.6) is 0 Å². The largest absolute Gasteiger partial charge is 0.417 e. The summed E-state index contributed by atoms with van der Waals surface area (Å²) in [5.74, 6) is -0.0357. The van der Waals surface area contributed by atoms with E-state index in [2.05, 4.69) is 20.4 Å². The number of halogens is 3. The van der Waals surface area contributed by atoms with Crippen LogP contribution in [0.2, 0.25) is 0 Å². The SMILES string of the molecule is Cc1cc(NC(=O)c2ccccn2)n(-c2ccc(C(F)(F)F)cn2)n1. The third kappa shape index (κ3) is 3.65. The summed E-state index contributed by atoms with van der Waals surface area (Å²) in [6.45, 7) is 1.69. The maximum atomic E-state index is 12.6. The maximum Gasteiger partial charge on any atom is 0.417 e. The lowest BCUT2D eigenvalue weighted by Crippen LogP contribution is -2.16. The normalized spacial score (nSPS) is 11.4. The van der Waals surface area contributed by atoms with Crippen molar-refractivity contribution in [1.29, 1.82) is 0 Å². The summed E-state index contributed by atoms with van der Waals surface area (Å²) in [7, 11) is 0. The minimum Gasteiger partial charge on any atom is -0.305 e. The van der Waals surface area contributed by atoms with Crippen molar-refractivity contribution in [3.05, 3.63) is 65.7 Å². The molecule has 0 aliphatic rings. The summed E-state index contributed by atoms with van der Waals surface area (Å²) >= 11 is 0. The van der Waals surface area contributed by atoms with Gasteiger partial charge in [0.15, 0.2) is 5.82 Å². The highest BCUT2D eigenvalue weighted by molar-refractivity contribution is 6.02. The van der Waals surface area contributed by atoms with Crippen LogP contribution >= 0.6 is 0 Å². The quantitative estimate of drug-likeness (QED) is 0.789. The van der Waals surface area contributed by atoms with E-state index < -0.39 is 17.6 Å². The first-order valence-electron chi connectivity index (χ1n) is 7.17. The molecular formula is C16H12F3N5O. The van der Waals surface area contributed by atoms with E-state index in [-0.39, 0.29) is 17.3 Å². The number of alkyl halides is 3. The average molecular weight is 347 g/mol. The zero-order valence-electron chi connectivity index (χ0n) is 12.9. The lowest BCUT2D eigenvalue weighted by Gasteiger charge is -2.10. The Kier molecular flexibility index (Phi) is 4.22. The first-order chi connectivity index (χ1) is 11.8. The van der Waals surface area contributed by atoms with E-state index >= 15 is 0 Å². The van der Waals surface area contributed by atoms with E-state index in [1.807, 2.05) is 0 Å². The lowest BCUT2D eigenvalue weighted by molar-refractivity contribution is -0.137. The summed E-state index contributed by atoms with van der Waals surface area (Å²) in [4.78, 5) is 19.9. The summed E-state index contributed by atoms with van der Waals surface area (Å²) in [6.07, 6.45) is -2.27. The molecule has 0 aliphatic heterocycles. The van der Waals surface area contributed by atoms with Crippen LogP contribution in [-0.2, 0) is 6.18 Å². The Labute approximate surface area is 140 Å². The standard InChI is InChI=1S/C16H12F3N5O/c1-10-8-14(22-15(25)12-4-2-3-7-20-12)24(23-10)13-6-5-11(9-21-13)16(17,18)19/h2-9H,1H3,(H,22,25). The topological polar surface area (TPSA) is 72.7 Å². The first kappa shape index (κ1) is 16.6. The molecule has 0 unspecified atom stereocenters. The summed E-state index contributed by atoms with van der Waals surface area (Å²) < 4.78 is 39.2. The summed E-state index contributed by atoms with van der Waals surface area (Å²) in [5, 5.41) is 6.79. The molecule has 25 heavy (non-hydrogen) atoms. The van der Waals surface area contributed by atoms with Crippen LogP contribution in [0.15, 0.2) is 48.8 Å². The molecule has 9 heteroatoms. The molecule has 0 bridgehead atoms. The van der Waals surface area contributed by atoms with Gasteiger partial charge in [0.25, 0.3) is 5.91 Å². The minimum absolute atomic E-state index is 0.150. The number of anilines is 1. The number of carbonyl (C=O) groups is 1. The Morgan fingerprint density at radius 3 is 2.56 bits per heavy atom. The Bertz CT molecular complexity index is 888. The monoisotopic (exact) mass is 347 g/mol. The zero-order valence-corrected chi connectivity index (χ0v) is 12.9. The summed E-state index contributed by atoms with van der Waals surface area (Å²) in [6, 6.07) is 8.56. The third-order valence-electron chi connectivity index (χ3n) is 3.26. The van der Waals surface area contributed by atoms with Crippen LogP contribution in [0.3, 0.4) is 0 Å². The van der Waals surface area contributed by atoms with E-state index in [0.717, 1.165) is 12.3 Å². The maximum absolute atomic E-state index is 12.6. The van der Waals surface area contributed by atoms with E-state index in [1.54, 1.807) is 31.2 Å². The molecule has 0 saturated carbocycles. The van der Waals surface area contributed by atoms with Gasteiger partial charge in [0, 0.05) is 18.5 Å². The molecule has 1 amide bonds. The van der Waals surface area contributed by atoms with E-state index in [4.69, 9.17) is 0 Å². The Morgan fingerprint density at radius 2 is 1.96 bits per heavy atom. The second-order valence-electron chi connectivity index (χ2n) is 5.15. The van der Waals surface area contributed by atoms with Crippen molar-refractivity contribution in [2.24, 2.45) is 0 Å². The average Bonchev–Trinajstić information content (AvgIpc) is 2.95. The Balaban J connectivity index is 1.90. The first-order valence-corrected chi connectivity index (χ1v) is 7.17. The molecule has 3 aromatic rings. The van der Waals surface area contributed by atoms with Crippen LogP contribution in [-0.4, -0.2) is 25.7 Å². The molecule has 0 saturated heterocycles. The van der Waals surface area contributed by atoms with Crippen LogP contribution < -0.4 is 5.32 Å². The number of rotatable bonds is 3. The molecule has 6 nitrogen and oxygen atoms in total. The molecule has 0 atom stereocenters. The predicted octanol–water partition coefficient (Wildman–Crippen LogP) is 3.24. The number of carbonyl (C=O) groups excluding carboxylic acids is 1. The van der Waals surface area contributed by atoms with Gasteiger partial charge in [0.1, 0.15) is 11.5 Å². The van der Waals surface area contributed by atoms with Gasteiger partial charge in [-0.05, 0) is 31.2 Å². The molecule has 0 fully saturated rings. The number of aromatic nitrogens is 4. The minimum atomic E-state index is -4.47. The van der Waals surface area contributed by atoms with Crippen LogP contribution in [0.4, 0.5) is 19.0 Å². The number of nitrogens with one attached hydrogen (secondary N) is 1. The van der Waals surface area contributed by atoms with Gasteiger partial charge in [-0.25, -0.2) is 4.98 Å².